The first kappa shape index (κ1) is 12.9. The molecule has 0 aliphatic heterocycles. The van der Waals surface area contributed by atoms with Crippen LogP contribution in [0.5, 0.6) is 0 Å². The van der Waals surface area contributed by atoms with Crippen LogP contribution in [0.4, 0.5) is 0 Å². The van der Waals surface area contributed by atoms with E-state index in [2.05, 4.69) is 9.36 Å². The number of nitrogens with zero attached hydrogens (tertiary/aromatic N) is 2. The highest BCUT2D eigenvalue weighted by Gasteiger charge is 2.21. The van der Waals surface area contributed by atoms with Crippen molar-refractivity contribution in [3.05, 3.63) is 6.33 Å². The summed E-state index contributed by atoms with van der Waals surface area (Å²) >= 11 is 3.09. The predicted octanol–water partition coefficient (Wildman–Crippen LogP) is 1.51. The van der Waals surface area contributed by atoms with Crippen molar-refractivity contribution in [3.8, 4) is 0 Å². The third-order valence-electron chi connectivity index (χ3n) is 2.39. The number of hydrogen-bond donors (Lipinski definition) is 2. The number of aromatic nitrogens is 2. The highest BCUT2D eigenvalue weighted by Crippen LogP contribution is 2.22. The van der Waals surface area contributed by atoms with Crippen LogP contribution in [-0.2, 0) is 0 Å². The molecule has 1 aromatic rings. The van der Waals surface area contributed by atoms with Crippen molar-refractivity contribution in [3.63, 3.8) is 0 Å². The second kappa shape index (κ2) is 6.42. The van der Waals surface area contributed by atoms with Crippen molar-refractivity contribution in [1.82, 2.24) is 9.36 Å². The molecule has 0 radical (unpaired) electrons. The molecule has 0 aliphatic rings. The van der Waals surface area contributed by atoms with Gasteiger partial charge in [0, 0.05) is 12.3 Å². The molecule has 1 unspecified atom stereocenters. The SMILES string of the molecule is CCC(O)(CN)CCCSc1ncns1. The van der Waals surface area contributed by atoms with E-state index in [9.17, 15) is 5.11 Å². The first-order chi connectivity index (χ1) is 7.20. The predicted molar refractivity (Wildman–Crippen MR) is 64.2 cm³/mol. The Hall–Kier alpha value is -0.170. The van der Waals surface area contributed by atoms with Gasteiger partial charge >= 0.3 is 0 Å². The Morgan fingerprint density at radius 2 is 2.47 bits per heavy atom. The molecule has 0 amide bonds. The van der Waals surface area contributed by atoms with E-state index in [1.165, 1.54) is 11.5 Å². The molecule has 6 heteroatoms. The number of nitrogens with two attached hydrogens (primary N) is 1. The summed E-state index contributed by atoms with van der Waals surface area (Å²) in [7, 11) is 0. The van der Waals surface area contributed by atoms with Gasteiger partial charge in [-0.25, -0.2) is 4.98 Å². The Balaban J connectivity index is 2.16. The molecule has 0 spiro atoms. The van der Waals surface area contributed by atoms with Crippen LogP contribution in [0.1, 0.15) is 26.2 Å². The summed E-state index contributed by atoms with van der Waals surface area (Å²) in [5.74, 6) is 0.956. The fourth-order valence-electron chi connectivity index (χ4n) is 1.21. The summed E-state index contributed by atoms with van der Waals surface area (Å²) in [6, 6.07) is 0. The molecule has 1 atom stereocenters. The van der Waals surface area contributed by atoms with E-state index in [4.69, 9.17) is 5.73 Å². The molecule has 3 N–H and O–H groups in total. The van der Waals surface area contributed by atoms with E-state index in [-0.39, 0.29) is 0 Å². The van der Waals surface area contributed by atoms with Gasteiger partial charge in [0.05, 0.1) is 5.60 Å². The normalized spacial score (nSPS) is 15.1. The number of rotatable bonds is 7. The molecular formula is C9H17N3OS2. The lowest BCUT2D eigenvalue weighted by molar-refractivity contribution is 0.0360. The molecule has 15 heavy (non-hydrogen) atoms. The molecule has 0 saturated carbocycles. The van der Waals surface area contributed by atoms with Gasteiger partial charge in [-0.05, 0) is 30.8 Å². The Bertz CT molecular complexity index is 262. The standard InChI is InChI=1S/C9H17N3OS2/c1-2-9(13,6-10)4-3-5-14-8-11-7-12-15-8/h7,13H,2-6,10H2,1H3. The smallest absolute Gasteiger partial charge is 0.169 e. The van der Waals surface area contributed by atoms with Crippen molar-refractivity contribution in [2.45, 2.75) is 36.1 Å². The maximum Gasteiger partial charge on any atom is 0.169 e. The lowest BCUT2D eigenvalue weighted by atomic mass is 9.95. The third-order valence-corrected chi connectivity index (χ3v) is 4.27. The second-order valence-electron chi connectivity index (χ2n) is 3.44. The maximum absolute atomic E-state index is 9.93. The van der Waals surface area contributed by atoms with Gasteiger partial charge in [-0.2, -0.15) is 4.37 Å². The van der Waals surface area contributed by atoms with Gasteiger partial charge in [0.25, 0.3) is 0 Å². The second-order valence-corrected chi connectivity index (χ2v) is 5.56. The highest BCUT2D eigenvalue weighted by atomic mass is 32.2. The van der Waals surface area contributed by atoms with Gasteiger partial charge in [-0.3, -0.25) is 0 Å². The molecule has 0 fully saturated rings. The summed E-state index contributed by atoms with van der Waals surface area (Å²) in [5.41, 5.74) is 4.84. The molecule has 1 heterocycles. The van der Waals surface area contributed by atoms with Crippen LogP contribution in [0, 0.1) is 0 Å². The minimum atomic E-state index is -0.679. The Labute approximate surface area is 98.5 Å². The molecule has 0 bridgehead atoms. The summed E-state index contributed by atoms with van der Waals surface area (Å²) < 4.78 is 4.91. The van der Waals surface area contributed by atoms with Gasteiger partial charge in [0.1, 0.15) is 6.33 Å². The van der Waals surface area contributed by atoms with Crippen LogP contribution in [0.3, 0.4) is 0 Å². The zero-order valence-electron chi connectivity index (χ0n) is 8.85. The topological polar surface area (TPSA) is 72.0 Å². The first-order valence-electron chi connectivity index (χ1n) is 5.02. The zero-order valence-corrected chi connectivity index (χ0v) is 10.5. The van der Waals surface area contributed by atoms with Crippen LogP contribution in [0.15, 0.2) is 10.7 Å². The van der Waals surface area contributed by atoms with E-state index < -0.39 is 5.60 Å². The molecule has 86 valence electrons. The molecule has 0 aromatic carbocycles. The van der Waals surface area contributed by atoms with Gasteiger partial charge in [0.2, 0.25) is 0 Å². The van der Waals surface area contributed by atoms with Gasteiger partial charge < -0.3 is 10.8 Å². The Morgan fingerprint density at radius 1 is 1.67 bits per heavy atom. The van der Waals surface area contributed by atoms with E-state index in [0.29, 0.717) is 13.0 Å². The monoisotopic (exact) mass is 247 g/mol. The number of hydrogen-bond acceptors (Lipinski definition) is 6. The summed E-state index contributed by atoms with van der Waals surface area (Å²) in [4.78, 5) is 4.07. The fourth-order valence-corrected chi connectivity index (χ4v) is 2.66. The van der Waals surface area contributed by atoms with Crippen molar-refractivity contribution in [1.29, 1.82) is 0 Å². The quantitative estimate of drug-likeness (QED) is 0.564. The Morgan fingerprint density at radius 3 is 3.00 bits per heavy atom. The van der Waals surface area contributed by atoms with E-state index in [1.54, 1.807) is 18.1 Å². The minimum Gasteiger partial charge on any atom is -0.389 e. The molecule has 4 nitrogen and oxygen atoms in total. The third kappa shape index (κ3) is 4.46. The lowest BCUT2D eigenvalue weighted by Crippen LogP contribution is -2.36. The fraction of sp³-hybridized carbons (Fsp3) is 0.778. The summed E-state index contributed by atoms with van der Waals surface area (Å²) in [6.07, 6.45) is 3.99. The zero-order chi connectivity index (χ0) is 11.1. The van der Waals surface area contributed by atoms with Gasteiger partial charge in [-0.15, -0.1) is 0 Å². The largest absolute Gasteiger partial charge is 0.389 e. The molecule has 0 saturated heterocycles. The van der Waals surface area contributed by atoms with Gasteiger partial charge in [-0.1, -0.05) is 18.7 Å². The van der Waals surface area contributed by atoms with Crippen molar-refractivity contribution in [2.75, 3.05) is 12.3 Å². The minimum absolute atomic E-state index is 0.340. The van der Waals surface area contributed by atoms with Crippen molar-refractivity contribution >= 4 is 23.3 Å². The maximum atomic E-state index is 9.93. The molecule has 0 aliphatic carbocycles. The average molecular weight is 247 g/mol. The van der Waals surface area contributed by atoms with Crippen LogP contribution < -0.4 is 5.73 Å². The average Bonchev–Trinajstić information content (AvgIpc) is 2.77. The van der Waals surface area contributed by atoms with Gasteiger partial charge in [0.15, 0.2) is 4.34 Å². The highest BCUT2D eigenvalue weighted by molar-refractivity contribution is 8.00. The summed E-state index contributed by atoms with van der Waals surface area (Å²) in [5, 5.41) is 9.93. The van der Waals surface area contributed by atoms with Crippen LogP contribution in [-0.4, -0.2) is 32.4 Å². The van der Waals surface area contributed by atoms with E-state index >= 15 is 0 Å². The van der Waals surface area contributed by atoms with Crippen molar-refractivity contribution < 1.29 is 5.11 Å². The van der Waals surface area contributed by atoms with Crippen LogP contribution in [0.25, 0.3) is 0 Å². The Kier molecular flexibility index (Phi) is 5.52. The molecular weight excluding hydrogens is 230 g/mol. The van der Waals surface area contributed by atoms with Crippen molar-refractivity contribution in [2.24, 2.45) is 5.73 Å². The molecule has 1 rings (SSSR count). The van der Waals surface area contributed by atoms with E-state index in [1.807, 2.05) is 6.92 Å². The van der Waals surface area contributed by atoms with E-state index in [0.717, 1.165) is 22.9 Å². The number of aliphatic hydroxyl groups is 1. The van der Waals surface area contributed by atoms with Crippen LogP contribution in [0.2, 0.25) is 0 Å². The summed E-state index contributed by atoms with van der Waals surface area (Å²) in [6.45, 7) is 2.30. The van der Waals surface area contributed by atoms with Crippen LogP contribution >= 0.6 is 23.3 Å². The lowest BCUT2D eigenvalue weighted by Gasteiger charge is -2.24. The first-order valence-corrected chi connectivity index (χ1v) is 6.78. The molecule has 1 aromatic heterocycles. The number of thioether (sulfide) groups is 1.